The normalized spacial score (nSPS) is 12.4. The van der Waals surface area contributed by atoms with Crippen LogP contribution >= 0.6 is 11.6 Å². The highest BCUT2D eigenvalue weighted by Gasteiger charge is 2.06. The van der Waals surface area contributed by atoms with E-state index in [1.54, 1.807) is 12.4 Å². The first-order valence-electron chi connectivity index (χ1n) is 6.05. The largest absolute Gasteiger partial charge is 0.306 e. The monoisotopic (exact) mass is 260 g/mol. The fraction of sp³-hybridized carbons (Fsp3) is 0.267. The Morgan fingerprint density at radius 2 is 2.17 bits per heavy atom. The smallest absolute Gasteiger partial charge is 0.0634 e. The zero-order valence-corrected chi connectivity index (χ0v) is 11.4. The highest BCUT2D eigenvalue weighted by molar-refractivity contribution is 6.31. The summed E-state index contributed by atoms with van der Waals surface area (Å²) < 4.78 is 0. The Bertz CT molecular complexity index is 525. The van der Waals surface area contributed by atoms with Crippen LogP contribution in [0, 0.1) is 6.92 Å². The van der Waals surface area contributed by atoms with Crippen LogP contribution in [0.3, 0.4) is 0 Å². The Morgan fingerprint density at radius 1 is 1.33 bits per heavy atom. The molecule has 2 nitrogen and oxygen atoms in total. The lowest BCUT2D eigenvalue weighted by molar-refractivity contribution is 0.574. The summed E-state index contributed by atoms with van der Waals surface area (Å²) in [5.41, 5.74) is 3.65. The molecule has 0 fully saturated rings. The quantitative estimate of drug-likeness (QED) is 0.902. The van der Waals surface area contributed by atoms with Gasteiger partial charge in [-0.1, -0.05) is 41.4 Å². The van der Waals surface area contributed by atoms with Gasteiger partial charge in [0.05, 0.1) is 5.02 Å². The molecule has 0 radical (unpaired) electrons. The first-order valence-corrected chi connectivity index (χ1v) is 6.43. The summed E-state index contributed by atoms with van der Waals surface area (Å²) in [5.74, 6) is 0. The molecule has 0 aliphatic heterocycles. The Balaban J connectivity index is 2.00. The van der Waals surface area contributed by atoms with Crippen molar-refractivity contribution in [3.05, 3.63) is 64.4 Å². The van der Waals surface area contributed by atoms with Crippen LogP contribution in [-0.4, -0.2) is 4.98 Å². The van der Waals surface area contributed by atoms with Gasteiger partial charge in [0, 0.05) is 25.0 Å². The molecule has 0 saturated heterocycles. The third-order valence-electron chi connectivity index (χ3n) is 3.00. The average molecular weight is 261 g/mol. The lowest BCUT2D eigenvalue weighted by atomic mass is 10.1. The first-order chi connectivity index (χ1) is 8.66. The van der Waals surface area contributed by atoms with Crippen molar-refractivity contribution in [1.82, 2.24) is 10.3 Å². The van der Waals surface area contributed by atoms with Crippen LogP contribution in [0.4, 0.5) is 0 Å². The van der Waals surface area contributed by atoms with Crippen molar-refractivity contribution in [2.24, 2.45) is 0 Å². The van der Waals surface area contributed by atoms with Gasteiger partial charge >= 0.3 is 0 Å². The molecular weight excluding hydrogens is 244 g/mol. The lowest BCUT2D eigenvalue weighted by Crippen LogP contribution is -2.18. The van der Waals surface area contributed by atoms with Gasteiger partial charge in [0.15, 0.2) is 0 Å². The summed E-state index contributed by atoms with van der Waals surface area (Å²) in [6.07, 6.45) is 3.44. The van der Waals surface area contributed by atoms with Gasteiger partial charge in [0.25, 0.3) is 0 Å². The zero-order chi connectivity index (χ0) is 13.0. The fourth-order valence-electron chi connectivity index (χ4n) is 1.87. The number of nitrogens with zero attached hydrogens (tertiary/aromatic N) is 1. The maximum absolute atomic E-state index is 6.08. The van der Waals surface area contributed by atoms with Gasteiger partial charge in [0.2, 0.25) is 0 Å². The average Bonchev–Trinajstić information content (AvgIpc) is 2.37. The maximum Gasteiger partial charge on any atom is 0.0634 e. The maximum atomic E-state index is 6.08. The van der Waals surface area contributed by atoms with Gasteiger partial charge in [-0.15, -0.1) is 0 Å². The third kappa shape index (κ3) is 3.31. The summed E-state index contributed by atoms with van der Waals surface area (Å²) in [4.78, 5) is 3.98. The molecule has 0 unspecified atom stereocenters. The van der Waals surface area contributed by atoms with Gasteiger partial charge in [-0.05, 0) is 31.0 Å². The van der Waals surface area contributed by atoms with Crippen molar-refractivity contribution in [2.75, 3.05) is 0 Å². The van der Waals surface area contributed by atoms with Gasteiger partial charge in [-0.3, -0.25) is 4.98 Å². The van der Waals surface area contributed by atoms with E-state index in [0.717, 1.165) is 12.1 Å². The second kappa shape index (κ2) is 5.98. The number of hydrogen-bond acceptors (Lipinski definition) is 2. The standard InChI is InChI=1S/C15H17ClN2/c1-11-4-3-5-13(8-11)12(2)18-9-14-6-7-17-10-15(14)16/h3-8,10,12,18H,9H2,1-2H3/t12-/m0/s1. The molecule has 1 heterocycles. The molecule has 2 aromatic rings. The number of hydrogen-bond donors (Lipinski definition) is 1. The number of rotatable bonds is 4. The molecule has 0 spiro atoms. The molecule has 0 bridgehead atoms. The number of nitrogens with one attached hydrogen (secondary N) is 1. The molecule has 94 valence electrons. The highest BCUT2D eigenvalue weighted by atomic mass is 35.5. The third-order valence-corrected chi connectivity index (χ3v) is 3.34. The fourth-order valence-corrected chi connectivity index (χ4v) is 2.05. The molecule has 1 aromatic heterocycles. The summed E-state index contributed by atoms with van der Waals surface area (Å²) in [6, 6.07) is 10.8. The van der Waals surface area contributed by atoms with E-state index in [4.69, 9.17) is 11.6 Å². The minimum atomic E-state index is 0.300. The predicted molar refractivity (Wildman–Crippen MR) is 75.7 cm³/mol. The second-order valence-electron chi connectivity index (χ2n) is 4.48. The molecule has 3 heteroatoms. The van der Waals surface area contributed by atoms with Crippen molar-refractivity contribution in [3.63, 3.8) is 0 Å². The van der Waals surface area contributed by atoms with Crippen LogP contribution in [0.5, 0.6) is 0 Å². The van der Waals surface area contributed by atoms with E-state index in [2.05, 4.69) is 48.4 Å². The molecule has 0 saturated carbocycles. The molecule has 2 rings (SSSR count). The minimum Gasteiger partial charge on any atom is -0.306 e. The summed E-state index contributed by atoms with van der Waals surface area (Å²) in [7, 11) is 0. The summed E-state index contributed by atoms with van der Waals surface area (Å²) in [5, 5.41) is 4.18. The summed E-state index contributed by atoms with van der Waals surface area (Å²) in [6.45, 7) is 5.01. The van der Waals surface area contributed by atoms with Crippen LogP contribution in [-0.2, 0) is 6.54 Å². The topological polar surface area (TPSA) is 24.9 Å². The van der Waals surface area contributed by atoms with Gasteiger partial charge in [0.1, 0.15) is 0 Å². The number of aromatic nitrogens is 1. The van der Waals surface area contributed by atoms with E-state index in [1.165, 1.54) is 11.1 Å². The van der Waals surface area contributed by atoms with Gasteiger partial charge < -0.3 is 5.32 Å². The van der Waals surface area contributed by atoms with Crippen LogP contribution in [0.25, 0.3) is 0 Å². The highest BCUT2D eigenvalue weighted by Crippen LogP contribution is 2.17. The van der Waals surface area contributed by atoms with Crippen molar-refractivity contribution >= 4 is 11.6 Å². The van der Waals surface area contributed by atoms with Crippen LogP contribution < -0.4 is 5.32 Å². The Kier molecular flexibility index (Phi) is 4.34. The van der Waals surface area contributed by atoms with Crippen LogP contribution in [0.2, 0.25) is 5.02 Å². The molecule has 0 amide bonds. The van der Waals surface area contributed by atoms with Gasteiger partial charge in [-0.25, -0.2) is 0 Å². The number of pyridine rings is 1. The van der Waals surface area contributed by atoms with Crippen LogP contribution in [0.1, 0.15) is 29.7 Å². The van der Waals surface area contributed by atoms with E-state index in [-0.39, 0.29) is 0 Å². The molecule has 0 aliphatic rings. The molecule has 1 atom stereocenters. The van der Waals surface area contributed by atoms with Crippen molar-refractivity contribution in [2.45, 2.75) is 26.4 Å². The second-order valence-corrected chi connectivity index (χ2v) is 4.89. The Morgan fingerprint density at radius 3 is 2.89 bits per heavy atom. The predicted octanol–water partition coefficient (Wildman–Crippen LogP) is 3.89. The van der Waals surface area contributed by atoms with E-state index < -0.39 is 0 Å². The molecule has 0 aliphatic carbocycles. The minimum absolute atomic E-state index is 0.300. The van der Waals surface area contributed by atoms with E-state index in [9.17, 15) is 0 Å². The molecular formula is C15H17ClN2. The number of benzene rings is 1. The summed E-state index contributed by atoms with van der Waals surface area (Å²) >= 11 is 6.08. The SMILES string of the molecule is Cc1cccc([C@H](C)NCc2ccncc2Cl)c1. The zero-order valence-electron chi connectivity index (χ0n) is 10.7. The number of halogens is 1. The van der Waals surface area contributed by atoms with Crippen molar-refractivity contribution < 1.29 is 0 Å². The van der Waals surface area contributed by atoms with Crippen molar-refractivity contribution in [1.29, 1.82) is 0 Å². The lowest BCUT2D eigenvalue weighted by Gasteiger charge is -2.15. The first kappa shape index (κ1) is 13.1. The molecule has 1 aromatic carbocycles. The van der Waals surface area contributed by atoms with Crippen LogP contribution in [0.15, 0.2) is 42.7 Å². The van der Waals surface area contributed by atoms with E-state index >= 15 is 0 Å². The van der Waals surface area contributed by atoms with E-state index in [1.807, 2.05) is 6.07 Å². The Labute approximate surface area is 113 Å². The van der Waals surface area contributed by atoms with E-state index in [0.29, 0.717) is 11.1 Å². The Hall–Kier alpha value is -1.38. The van der Waals surface area contributed by atoms with Crippen molar-refractivity contribution in [3.8, 4) is 0 Å². The molecule has 1 N–H and O–H groups in total. The number of aryl methyl sites for hydroxylation is 1. The van der Waals surface area contributed by atoms with Gasteiger partial charge in [-0.2, -0.15) is 0 Å². The molecule has 18 heavy (non-hydrogen) atoms.